The van der Waals surface area contributed by atoms with Crippen LogP contribution in [0.1, 0.15) is 27.2 Å². The third-order valence-corrected chi connectivity index (χ3v) is 2.77. The summed E-state index contributed by atoms with van der Waals surface area (Å²) in [5, 5.41) is 2.82. The van der Waals surface area contributed by atoms with Crippen molar-refractivity contribution in [1.82, 2.24) is 10.2 Å². The van der Waals surface area contributed by atoms with E-state index in [1.807, 2.05) is 6.92 Å². The second-order valence-corrected chi connectivity index (χ2v) is 4.93. The number of rotatable bonds is 10. The molecule has 108 valence electrons. The average molecular weight is 259 g/mol. The molecule has 0 heterocycles. The predicted octanol–water partition coefficient (Wildman–Crippen LogP) is 0.444. The highest BCUT2D eigenvalue weighted by Gasteiger charge is 2.20. The van der Waals surface area contributed by atoms with E-state index in [1.165, 1.54) is 0 Å². The summed E-state index contributed by atoms with van der Waals surface area (Å²) in [6.45, 7) is 9.83. The monoisotopic (exact) mass is 259 g/mol. The molecule has 0 aromatic rings. The minimum absolute atomic E-state index is 0.0686. The van der Waals surface area contributed by atoms with E-state index in [0.717, 1.165) is 13.1 Å². The normalized spacial score (nSPS) is 13.1. The van der Waals surface area contributed by atoms with Gasteiger partial charge in [0.05, 0.1) is 6.61 Å². The standard InChI is InChI=1S/C13H29N3O2/c1-5-15-13(17)8-12(9-14)16(6-7-18-4)10-11(2)3/h11-12H,5-10,14H2,1-4H3,(H,15,17). The lowest BCUT2D eigenvalue weighted by Crippen LogP contribution is -2.46. The van der Waals surface area contributed by atoms with Crippen molar-refractivity contribution < 1.29 is 9.53 Å². The van der Waals surface area contributed by atoms with Crippen LogP contribution in [-0.4, -0.2) is 56.7 Å². The number of nitrogens with two attached hydrogens (primary N) is 1. The van der Waals surface area contributed by atoms with E-state index in [1.54, 1.807) is 7.11 Å². The van der Waals surface area contributed by atoms with E-state index >= 15 is 0 Å². The molecule has 5 heteroatoms. The fourth-order valence-electron chi connectivity index (χ4n) is 1.95. The van der Waals surface area contributed by atoms with Crippen LogP contribution in [0.5, 0.6) is 0 Å². The summed E-state index contributed by atoms with van der Waals surface area (Å²) < 4.78 is 5.12. The van der Waals surface area contributed by atoms with Gasteiger partial charge in [-0.2, -0.15) is 0 Å². The van der Waals surface area contributed by atoms with Gasteiger partial charge in [0.1, 0.15) is 0 Å². The maximum absolute atomic E-state index is 11.7. The Bertz CT molecular complexity index is 222. The van der Waals surface area contributed by atoms with Crippen LogP contribution in [0.25, 0.3) is 0 Å². The molecule has 0 aliphatic rings. The molecular weight excluding hydrogens is 230 g/mol. The first kappa shape index (κ1) is 17.4. The molecule has 0 aliphatic heterocycles. The molecule has 1 amide bonds. The summed E-state index contributed by atoms with van der Waals surface area (Å²) in [5.41, 5.74) is 5.80. The third-order valence-electron chi connectivity index (χ3n) is 2.77. The van der Waals surface area contributed by atoms with Gasteiger partial charge in [-0.25, -0.2) is 0 Å². The SMILES string of the molecule is CCNC(=O)CC(CN)N(CCOC)CC(C)C. The second-order valence-electron chi connectivity index (χ2n) is 4.93. The van der Waals surface area contributed by atoms with Crippen LogP contribution in [0.3, 0.4) is 0 Å². The van der Waals surface area contributed by atoms with E-state index < -0.39 is 0 Å². The largest absolute Gasteiger partial charge is 0.383 e. The number of amides is 1. The number of hydrogen-bond acceptors (Lipinski definition) is 4. The van der Waals surface area contributed by atoms with Crippen molar-refractivity contribution in [3.05, 3.63) is 0 Å². The van der Waals surface area contributed by atoms with Gasteiger partial charge in [0, 0.05) is 45.8 Å². The molecule has 0 rings (SSSR count). The summed E-state index contributed by atoms with van der Waals surface area (Å²) in [5.74, 6) is 0.615. The molecule has 0 fully saturated rings. The van der Waals surface area contributed by atoms with Gasteiger partial charge >= 0.3 is 0 Å². The van der Waals surface area contributed by atoms with Gasteiger partial charge in [-0.15, -0.1) is 0 Å². The van der Waals surface area contributed by atoms with Crippen molar-refractivity contribution in [2.24, 2.45) is 11.7 Å². The lowest BCUT2D eigenvalue weighted by atomic mass is 10.1. The Kier molecular flexibility index (Phi) is 9.92. The Morgan fingerprint density at radius 3 is 2.56 bits per heavy atom. The first-order valence-corrected chi connectivity index (χ1v) is 6.74. The molecule has 0 saturated carbocycles. The van der Waals surface area contributed by atoms with Crippen LogP contribution in [0.4, 0.5) is 0 Å². The molecule has 5 nitrogen and oxygen atoms in total. The zero-order valence-corrected chi connectivity index (χ0v) is 12.2. The molecule has 1 atom stereocenters. The van der Waals surface area contributed by atoms with E-state index in [0.29, 0.717) is 32.0 Å². The topological polar surface area (TPSA) is 67.6 Å². The first-order chi connectivity index (χ1) is 8.54. The van der Waals surface area contributed by atoms with Crippen molar-refractivity contribution >= 4 is 5.91 Å². The number of methoxy groups -OCH3 is 1. The molecule has 0 saturated heterocycles. The van der Waals surface area contributed by atoms with Crippen molar-refractivity contribution in [1.29, 1.82) is 0 Å². The summed E-state index contributed by atoms with van der Waals surface area (Å²) >= 11 is 0. The average Bonchev–Trinajstić information content (AvgIpc) is 2.31. The van der Waals surface area contributed by atoms with E-state index in [9.17, 15) is 4.79 Å². The lowest BCUT2D eigenvalue weighted by molar-refractivity contribution is -0.122. The van der Waals surface area contributed by atoms with E-state index in [4.69, 9.17) is 10.5 Å². The van der Waals surface area contributed by atoms with Gasteiger partial charge < -0.3 is 15.8 Å². The Morgan fingerprint density at radius 1 is 1.44 bits per heavy atom. The van der Waals surface area contributed by atoms with Gasteiger partial charge in [-0.05, 0) is 12.8 Å². The van der Waals surface area contributed by atoms with Crippen LogP contribution in [0, 0.1) is 5.92 Å². The fourth-order valence-corrected chi connectivity index (χ4v) is 1.95. The maximum Gasteiger partial charge on any atom is 0.221 e. The smallest absolute Gasteiger partial charge is 0.221 e. The van der Waals surface area contributed by atoms with Gasteiger partial charge in [-0.1, -0.05) is 13.8 Å². The molecule has 0 aromatic carbocycles. The summed E-state index contributed by atoms with van der Waals surface area (Å²) in [6.07, 6.45) is 0.459. The fraction of sp³-hybridized carbons (Fsp3) is 0.923. The molecule has 1 unspecified atom stereocenters. The number of nitrogens with one attached hydrogen (secondary N) is 1. The quantitative estimate of drug-likeness (QED) is 0.597. The molecule has 18 heavy (non-hydrogen) atoms. The minimum atomic E-state index is 0.0686. The predicted molar refractivity (Wildman–Crippen MR) is 74.4 cm³/mol. The second kappa shape index (κ2) is 10.3. The van der Waals surface area contributed by atoms with Gasteiger partial charge in [0.2, 0.25) is 5.91 Å². The molecule has 3 N–H and O–H groups in total. The van der Waals surface area contributed by atoms with Crippen molar-refractivity contribution in [3.63, 3.8) is 0 Å². The van der Waals surface area contributed by atoms with Gasteiger partial charge in [-0.3, -0.25) is 9.69 Å². The summed E-state index contributed by atoms with van der Waals surface area (Å²) in [4.78, 5) is 13.9. The number of nitrogens with zero attached hydrogens (tertiary/aromatic N) is 1. The lowest BCUT2D eigenvalue weighted by Gasteiger charge is -2.31. The highest BCUT2D eigenvalue weighted by molar-refractivity contribution is 5.76. The van der Waals surface area contributed by atoms with Crippen LogP contribution in [-0.2, 0) is 9.53 Å². The summed E-state index contributed by atoms with van der Waals surface area (Å²) in [6, 6.07) is 0.0918. The van der Waals surface area contributed by atoms with Crippen LogP contribution >= 0.6 is 0 Å². The Hall–Kier alpha value is -0.650. The Balaban J connectivity index is 4.42. The molecule has 0 bridgehead atoms. The highest BCUT2D eigenvalue weighted by Crippen LogP contribution is 2.07. The van der Waals surface area contributed by atoms with Crippen molar-refractivity contribution in [3.8, 4) is 0 Å². The Labute approximate surface area is 111 Å². The number of carbonyl (C=O) groups is 1. The first-order valence-electron chi connectivity index (χ1n) is 6.74. The molecular formula is C13H29N3O2. The molecule has 0 aliphatic carbocycles. The van der Waals surface area contributed by atoms with Crippen molar-refractivity contribution in [2.75, 3.05) is 39.9 Å². The van der Waals surface area contributed by atoms with Crippen LogP contribution in [0.2, 0.25) is 0 Å². The number of carbonyl (C=O) groups excluding carboxylic acids is 1. The zero-order chi connectivity index (χ0) is 14.0. The zero-order valence-electron chi connectivity index (χ0n) is 12.2. The molecule has 0 spiro atoms. The summed E-state index contributed by atoms with van der Waals surface area (Å²) in [7, 11) is 1.69. The van der Waals surface area contributed by atoms with E-state index in [2.05, 4.69) is 24.1 Å². The van der Waals surface area contributed by atoms with Crippen molar-refractivity contribution in [2.45, 2.75) is 33.2 Å². The molecule has 0 radical (unpaired) electrons. The van der Waals surface area contributed by atoms with Gasteiger partial charge in [0.25, 0.3) is 0 Å². The maximum atomic E-state index is 11.7. The van der Waals surface area contributed by atoms with Crippen LogP contribution in [0.15, 0.2) is 0 Å². The number of ether oxygens (including phenoxy) is 1. The Morgan fingerprint density at radius 2 is 2.11 bits per heavy atom. The third kappa shape index (κ3) is 7.63. The highest BCUT2D eigenvalue weighted by atomic mass is 16.5. The number of hydrogen-bond donors (Lipinski definition) is 2. The van der Waals surface area contributed by atoms with Crippen LogP contribution < -0.4 is 11.1 Å². The van der Waals surface area contributed by atoms with E-state index in [-0.39, 0.29) is 11.9 Å². The van der Waals surface area contributed by atoms with Gasteiger partial charge in [0.15, 0.2) is 0 Å². The molecule has 0 aromatic heterocycles. The minimum Gasteiger partial charge on any atom is -0.383 e.